The molecule has 0 unspecified atom stereocenters. The van der Waals surface area contributed by atoms with E-state index in [2.05, 4.69) is 44.5 Å². The third-order valence-corrected chi connectivity index (χ3v) is 6.14. The Morgan fingerprint density at radius 3 is 2.71 bits per heavy atom. The van der Waals surface area contributed by atoms with E-state index in [4.69, 9.17) is 0 Å². The standard InChI is InChI=1S/C24H32FN5O/c1-28-11-2-12-29(16-15-28)14-10-26-24(31)27-22-7-8-23-20(17-22)9-13-30(23)18-19-3-5-21(25)6-4-19/h3-8,17H,2,9-16,18H2,1H3,(H2,26,27,31). The monoisotopic (exact) mass is 425 g/mol. The van der Waals surface area contributed by atoms with Gasteiger partial charge in [0, 0.05) is 50.6 Å². The van der Waals surface area contributed by atoms with Gasteiger partial charge in [0.25, 0.3) is 0 Å². The molecule has 2 aliphatic rings. The minimum Gasteiger partial charge on any atom is -0.367 e. The van der Waals surface area contributed by atoms with E-state index in [0.717, 1.165) is 63.5 Å². The fourth-order valence-corrected chi connectivity index (χ4v) is 4.35. The van der Waals surface area contributed by atoms with E-state index in [1.807, 2.05) is 18.2 Å². The van der Waals surface area contributed by atoms with Crippen LogP contribution in [0.5, 0.6) is 0 Å². The first-order valence-corrected chi connectivity index (χ1v) is 11.1. The highest BCUT2D eigenvalue weighted by Crippen LogP contribution is 2.31. The van der Waals surface area contributed by atoms with Gasteiger partial charge in [0.05, 0.1) is 0 Å². The number of hydrogen-bond acceptors (Lipinski definition) is 4. The maximum absolute atomic E-state index is 13.1. The second-order valence-corrected chi connectivity index (χ2v) is 8.52. The van der Waals surface area contributed by atoms with E-state index in [1.54, 1.807) is 0 Å². The lowest BCUT2D eigenvalue weighted by atomic mass is 10.1. The SMILES string of the molecule is CN1CCCN(CCNC(=O)Nc2ccc3c(c2)CCN3Cc2ccc(F)cc2)CC1. The number of amides is 2. The summed E-state index contributed by atoms with van der Waals surface area (Å²) in [7, 11) is 2.16. The molecule has 2 heterocycles. The number of hydrogen-bond donors (Lipinski definition) is 2. The smallest absolute Gasteiger partial charge is 0.319 e. The van der Waals surface area contributed by atoms with Gasteiger partial charge in [-0.3, -0.25) is 0 Å². The van der Waals surface area contributed by atoms with Crippen LogP contribution in [0, 0.1) is 5.82 Å². The summed E-state index contributed by atoms with van der Waals surface area (Å²) in [5.41, 5.74) is 4.32. The molecule has 31 heavy (non-hydrogen) atoms. The first kappa shape index (κ1) is 21.6. The van der Waals surface area contributed by atoms with Crippen LogP contribution in [-0.2, 0) is 13.0 Å². The molecular weight excluding hydrogens is 393 g/mol. The van der Waals surface area contributed by atoms with E-state index in [-0.39, 0.29) is 11.8 Å². The minimum atomic E-state index is -0.210. The van der Waals surface area contributed by atoms with Crippen LogP contribution >= 0.6 is 0 Å². The van der Waals surface area contributed by atoms with Crippen LogP contribution in [-0.4, -0.2) is 68.7 Å². The van der Waals surface area contributed by atoms with Crippen LogP contribution in [0.2, 0.25) is 0 Å². The number of urea groups is 1. The van der Waals surface area contributed by atoms with Crippen molar-refractivity contribution in [3.05, 3.63) is 59.4 Å². The lowest BCUT2D eigenvalue weighted by Gasteiger charge is -2.20. The van der Waals surface area contributed by atoms with Gasteiger partial charge in [-0.25, -0.2) is 9.18 Å². The second-order valence-electron chi connectivity index (χ2n) is 8.52. The van der Waals surface area contributed by atoms with Gasteiger partial charge in [-0.2, -0.15) is 0 Å². The molecule has 166 valence electrons. The number of halogens is 1. The zero-order valence-electron chi connectivity index (χ0n) is 18.2. The highest BCUT2D eigenvalue weighted by atomic mass is 19.1. The highest BCUT2D eigenvalue weighted by Gasteiger charge is 2.20. The van der Waals surface area contributed by atoms with Crippen molar-refractivity contribution >= 4 is 17.4 Å². The molecule has 6 nitrogen and oxygen atoms in total. The zero-order valence-corrected chi connectivity index (χ0v) is 18.2. The average molecular weight is 426 g/mol. The number of carbonyl (C=O) groups is 1. The normalized spacial score (nSPS) is 17.3. The number of fused-ring (bicyclic) bond motifs is 1. The summed E-state index contributed by atoms with van der Waals surface area (Å²) in [6, 6.07) is 12.6. The molecule has 1 fully saturated rings. The van der Waals surface area contributed by atoms with Crippen molar-refractivity contribution in [1.82, 2.24) is 15.1 Å². The molecule has 0 saturated carbocycles. The fourth-order valence-electron chi connectivity index (χ4n) is 4.35. The predicted octanol–water partition coefficient (Wildman–Crippen LogP) is 3.15. The van der Waals surface area contributed by atoms with E-state index in [9.17, 15) is 9.18 Å². The molecule has 1 saturated heterocycles. The average Bonchev–Trinajstić information content (AvgIpc) is 3.02. The summed E-state index contributed by atoms with van der Waals surface area (Å²) in [5.74, 6) is -0.210. The van der Waals surface area contributed by atoms with E-state index in [1.165, 1.54) is 29.8 Å². The van der Waals surface area contributed by atoms with E-state index < -0.39 is 0 Å². The van der Waals surface area contributed by atoms with Crippen LogP contribution in [0.25, 0.3) is 0 Å². The number of carbonyl (C=O) groups excluding carboxylic acids is 1. The first-order valence-electron chi connectivity index (χ1n) is 11.1. The van der Waals surface area contributed by atoms with Crippen LogP contribution in [0.1, 0.15) is 17.5 Å². The van der Waals surface area contributed by atoms with Crippen molar-refractivity contribution in [2.24, 2.45) is 0 Å². The molecule has 0 aliphatic carbocycles. The number of likely N-dealkylation sites (N-methyl/N-ethyl adjacent to an activating group) is 1. The Bertz CT molecular complexity index is 888. The van der Waals surface area contributed by atoms with Gasteiger partial charge in [-0.15, -0.1) is 0 Å². The predicted molar refractivity (Wildman–Crippen MR) is 123 cm³/mol. The maximum atomic E-state index is 13.1. The first-order chi connectivity index (χ1) is 15.1. The molecule has 7 heteroatoms. The lowest BCUT2D eigenvalue weighted by molar-refractivity contribution is 0.245. The molecule has 2 aliphatic heterocycles. The lowest BCUT2D eigenvalue weighted by Crippen LogP contribution is -2.38. The molecule has 2 amide bonds. The van der Waals surface area contributed by atoms with Crippen molar-refractivity contribution < 1.29 is 9.18 Å². The Morgan fingerprint density at radius 2 is 1.87 bits per heavy atom. The molecule has 2 N–H and O–H groups in total. The summed E-state index contributed by atoms with van der Waals surface area (Å²) in [4.78, 5) is 19.4. The number of nitrogens with one attached hydrogen (secondary N) is 2. The largest absolute Gasteiger partial charge is 0.367 e. The summed E-state index contributed by atoms with van der Waals surface area (Å²) >= 11 is 0. The molecule has 0 aromatic heterocycles. The zero-order chi connectivity index (χ0) is 21.6. The molecule has 0 spiro atoms. The molecule has 0 atom stereocenters. The summed E-state index contributed by atoms with van der Waals surface area (Å²) in [6.07, 6.45) is 2.12. The third kappa shape index (κ3) is 5.95. The van der Waals surface area contributed by atoms with E-state index >= 15 is 0 Å². The van der Waals surface area contributed by atoms with Gasteiger partial charge in [-0.05, 0) is 74.4 Å². The minimum absolute atomic E-state index is 0.159. The molecular formula is C24H32FN5O. The van der Waals surface area contributed by atoms with Gasteiger partial charge in [0.1, 0.15) is 5.82 Å². The Kier molecular flexibility index (Phi) is 7.04. The van der Waals surface area contributed by atoms with Gasteiger partial charge < -0.3 is 25.3 Å². The van der Waals surface area contributed by atoms with Crippen LogP contribution in [0.3, 0.4) is 0 Å². The van der Waals surface area contributed by atoms with Crippen LogP contribution < -0.4 is 15.5 Å². The molecule has 0 bridgehead atoms. The van der Waals surface area contributed by atoms with Crippen molar-refractivity contribution in [2.45, 2.75) is 19.4 Å². The highest BCUT2D eigenvalue weighted by molar-refractivity contribution is 5.89. The Hall–Kier alpha value is -2.64. The van der Waals surface area contributed by atoms with Crippen molar-refractivity contribution in [2.75, 3.05) is 63.1 Å². The van der Waals surface area contributed by atoms with Crippen molar-refractivity contribution in [3.8, 4) is 0 Å². The number of benzene rings is 2. The van der Waals surface area contributed by atoms with Gasteiger partial charge >= 0.3 is 6.03 Å². The molecule has 0 radical (unpaired) electrons. The topological polar surface area (TPSA) is 50.9 Å². The third-order valence-electron chi connectivity index (χ3n) is 6.14. The summed E-state index contributed by atoms with van der Waals surface area (Å²) in [6.45, 7) is 7.57. The van der Waals surface area contributed by atoms with E-state index in [0.29, 0.717) is 6.54 Å². The Labute approximate surface area is 184 Å². The quantitative estimate of drug-likeness (QED) is 0.747. The fraction of sp³-hybridized carbons (Fsp3) is 0.458. The van der Waals surface area contributed by atoms with Crippen LogP contribution in [0.15, 0.2) is 42.5 Å². The summed E-state index contributed by atoms with van der Waals surface area (Å²) in [5, 5.41) is 5.94. The summed E-state index contributed by atoms with van der Waals surface area (Å²) < 4.78 is 13.1. The van der Waals surface area contributed by atoms with Crippen LogP contribution in [0.4, 0.5) is 20.6 Å². The van der Waals surface area contributed by atoms with Crippen molar-refractivity contribution in [1.29, 1.82) is 0 Å². The Morgan fingerprint density at radius 1 is 1.03 bits per heavy atom. The molecule has 2 aromatic carbocycles. The number of nitrogens with zero attached hydrogens (tertiary/aromatic N) is 3. The van der Waals surface area contributed by atoms with Gasteiger partial charge in [0.15, 0.2) is 0 Å². The van der Waals surface area contributed by atoms with Gasteiger partial charge in [-0.1, -0.05) is 12.1 Å². The van der Waals surface area contributed by atoms with Gasteiger partial charge in [0.2, 0.25) is 0 Å². The molecule has 2 aromatic rings. The maximum Gasteiger partial charge on any atom is 0.319 e. The van der Waals surface area contributed by atoms with Crippen molar-refractivity contribution in [3.63, 3.8) is 0 Å². The second kappa shape index (κ2) is 10.1. The number of rotatable bonds is 6. The molecule has 4 rings (SSSR count). The number of anilines is 2. The Balaban J connectivity index is 1.25.